The molecule has 0 aromatic heterocycles. The fourth-order valence-corrected chi connectivity index (χ4v) is 4.09. The molecule has 2 rings (SSSR count). The van der Waals surface area contributed by atoms with Gasteiger partial charge in [-0.2, -0.15) is 0 Å². The minimum atomic E-state index is -3.93. The summed E-state index contributed by atoms with van der Waals surface area (Å²) in [7, 11) is -3.21. The zero-order chi connectivity index (χ0) is 20.0. The van der Waals surface area contributed by atoms with E-state index in [4.69, 9.17) is 14.0 Å². The number of methoxy groups -OCH3 is 1. The highest BCUT2D eigenvalue weighted by Gasteiger charge is 2.52. The van der Waals surface area contributed by atoms with Crippen molar-refractivity contribution in [3.8, 4) is 5.75 Å². The Balaban J connectivity index is 2.45. The minimum Gasteiger partial charge on any atom is -0.495 e. The number of benzene rings is 1. The third kappa shape index (κ3) is 4.07. The number of sulfonamides is 1. The molecule has 1 aromatic rings. The smallest absolute Gasteiger partial charge is 0.494 e. The molecule has 0 bridgehead atoms. The van der Waals surface area contributed by atoms with Gasteiger partial charge in [0.15, 0.2) is 0 Å². The summed E-state index contributed by atoms with van der Waals surface area (Å²) >= 11 is 0. The molecule has 0 atom stereocenters. The van der Waals surface area contributed by atoms with Crippen LogP contribution >= 0.6 is 0 Å². The molecule has 26 heavy (non-hydrogen) atoms. The highest BCUT2D eigenvalue weighted by atomic mass is 32.2. The average Bonchev–Trinajstić information content (AvgIpc) is 2.74. The van der Waals surface area contributed by atoms with Crippen LogP contribution in [0.4, 0.5) is 0 Å². The molecule has 1 saturated heterocycles. The Hall–Kier alpha value is -1.13. The molecule has 9 heteroatoms. The molecule has 1 aliphatic rings. The molecule has 1 fully saturated rings. The van der Waals surface area contributed by atoms with Crippen LogP contribution in [0.25, 0.3) is 0 Å². The van der Waals surface area contributed by atoms with E-state index in [1.165, 1.54) is 13.2 Å². The van der Waals surface area contributed by atoms with Crippen molar-refractivity contribution < 1.29 is 27.6 Å². The molecular weight excluding hydrogens is 357 g/mol. The molecular formula is C17H28BNO6S. The second-order valence-electron chi connectivity index (χ2n) is 8.15. The predicted octanol–water partition coefficient (Wildman–Crippen LogP) is 1.04. The van der Waals surface area contributed by atoms with Gasteiger partial charge in [-0.3, -0.25) is 0 Å². The van der Waals surface area contributed by atoms with E-state index in [2.05, 4.69) is 4.72 Å². The Morgan fingerprint density at radius 1 is 1.19 bits per heavy atom. The molecule has 0 saturated carbocycles. The number of hydrogen-bond donors (Lipinski definition) is 2. The van der Waals surface area contributed by atoms with Gasteiger partial charge >= 0.3 is 7.12 Å². The maximum Gasteiger partial charge on any atom is 0.494 e. The first kappa shape index (κ1) is 21.2. The number of hydrogen-bond acceptors (Lipinski definition) is 6. The zero-order valence-electron chi connectivity index (χ0n) is 16.4. The van der Waals surface area contributed by atoms with Gasteiger partial charge in [0.1, 0.15) is 10.6 Å². The summed E-state index contributed by atoms with van der Waals surface area (Å²) in [5.74, 6) is 0.200. The number of aliphatic hydroxyl groups excluding tert-OH is 1. The van der Waals surface area contributed by atoms with Gasteiger partial charge in [-0.15, -0.1) is 0 Å². The van der Waals surface area contributed by atoms with E-state index in [1.807, 2.05) is 27.7 Å². The van der Waals surface area contributed by atoms with Crippen LogP contribution in [0.3, 0.4) is 0 Å². The number of aliphatic hydroxyl groups is 1. The monoisotopic (exact) mass is 385 g/mol. The lowest BCUT2D eigenvalue weighted by Crippen LogP contribution is -2.46. The number of ether oxygens (including phenoxy) is 1. The Kier molecular flexibility index (Phi) is 5.54. The van der Waals surface area contributed by atoms with Gasteiger partial charge in [0, 0.05) is 0 Å². The third-order valence-corrected chi connectivity index (χ3v) is 6.53. The molecule has 7 nitrogen and oxygen atoms in total. The summed E-state index contributed by atoms with van der Waals surface area (Å²) in [6.45, 7) is 10.6. The van der Waals surface area contributed by atoms with Gasteiger partial charge in [0.05, 0.1) is 30.5 Å². The molecule has 1 aromatic carbocycles. The van der Waals surface area contributed by atoms with E-state index in [1.54, 1.807) is 26.0 Å². The third-order valence-electron chi connectivity index (χ3n) is 4.81. The summed E-state index contributed by atoms with van der Waals surface area (Å²) in [6.07, 6.45) is 0. The Morgan fingerprint density at radius 2 is 1.73 bits per heavy atom. The van der Waals surface area contributed by atoms with E-state index in [-0.39, 0.29) is 17.3 Å². The second-order valence-corrected chi connectivity index (χ2v) is 9.80. The van der Waals surface area contributed by atoms with Crippen LogP contribution in [-0.2, 0) is 19.3 Å². The number of nitrogens with one attached hydrogen (secondary N) is 1. The molecule has 1 heterocycles. The van der Waals surface area contributed by atoms with Crippen LogP contribution in [-0.4, -0.2) is 51.1 Å². The van der Waals surface area contributed by atoms with E-state index < -0.39 is 33.9 Å². The fourth-order valence-electron chi connectivity index (χ4n) is 2.48. The van der Waals surface area contributed by atoms with E-state index in [0.29, 0.717) is 5.46 Å². The van der Waals surface area contributed by atoms with Crippen LogP contribution in [0, 0.1) is 0 Å². The first-order chi connectivity index (χ1) is 11.7. The van der Waals surface area contributed by atoms with Crippen LogP contribution in [0.1, 0.15) is 41.5 Å². The number of rotatable bonds is 6. The summed E-state index contributed by atoms with van der Waals surface area (Å²) in [5, 5.41) is 9.38. The molecule has 1 aliphatic heterocycles. The first-order valence-electron chi connectivity index (χ1n) is 8.43. The highest BCUT2D eigenvalue weighted by molar-refractivity contribution is 7.89. The fraction of sp³-hybridized carbons (Fsp3) is 0.647. The standard InChI is InChI=1S/C17H28BNO6S/c1-15(2,11-20)19-26(21,22)14-10-12(8-9-13(14)23-7)18-24-16(3,4)17(5,6)25-18/h8-10,19-20H,11H2,1-7H3. The van der Waals surface area contributed by atoms with Gasteiger partial charge in [-0.05, 0) is 59.1 Å². The van der Waals surface area contributed by atoms with Gasteiger partial charge < -0.3 is 19.2 Å². The predicted molar refractivity (Wildman–Crippen MR) is 100 cm³/mol. The first-order valence-corrected chi connectivity index (χ1v) is 9.91. The molecule has 0 amide bonds. The minimum absolute atomic E-state index is 0.0336. The van der Waals surface area contributed by atoms with Crippen LogP contribution < -0.4 is 14.9 Å². The van der Waals surface area contributed by atoms with Gasteiger partial charge in [0.25, 0.3) is 0 Å². The maximum atomic E-state index is 12.8. The summed E-state index contributed by atoms with van der Waals surface area (Å²) in [4.78, 5) is -0.0336. The van der Waals surface area contributed by atoms with Crippen molar-refractivity contribution in [2.75, 3.05) is 13.7 Å². The second kappa shape index (κ2) is 6.80. The lowest BCUT2D eigenvalue weighted by molar-refractivity contribution is 0.00578. The molecule has 0 spiro atoms. The van der Waals surface area contributed by atoms with E-state index >= 15 is 0 Å². The lowest BCUT2D eigenvalue weighted by Gasteiger charge is -2.32. The highest BCUT2D eigenvalue weighted by Crippen LogP contribution is 2.37. The van der Waals surface area contributed by atoms with Gasteiger partial charge in [-0.1, -0.05) is 6.07 Å². The Morgan fingerprint density at radius 3 is 2.19 bits per heavy atom. The SMILES string of the molecule is COc1ccc(B2OC(C)(C)C(C)(C)O2)cc1S(=O)(=O)NC(C)(C)CO. The van der Waals surface area contributed by atoms with Gasteiger partial charge in [-0.25, -0.2) is 13.1 Å². The maximum absolute atomic E-state index is 12.8. The summed E-state index contributed by atoms with van der Waals surface area (Å²) in [5.41, 5.74) is -1.50. The van der Waals surface area contributed by atoms with Crippen molar-refractivity contribution in [2.45, 2.75) is 63.2 Å². The average molecular weight is 385 g/mol. The zero-order valence-corrected chi connectivity index (χ0v) is 17.2. The normalized spacial score (nSPS) is 19.6. The van der Waals surface area contributed by atoms with Crippen molar-refractivity contribution >= 4 is 22.6 Å². The lowest BCUT2D eigenvalue weighted by atomic mass is 9.79. The van der Waals surface area contributed by atoms with Gasteiger partial charge in [0.2, 0.25) is 10.0 Å². The quantitative estimate of drug-likeness (QED) is 0.711. The summed E-state index contributed by atoms with van der Waals surface area (Å²) < 4.78 is 45.3. The van der Waals surface area contributed by atoms with Crippen molar-refractivity contribution in [1.29, 1.82) is 0 Å². The molecule has 2 N–H and O–H groups in total. The molecule has 0 radical (unpaired) electrons. The largest absolute Gasteiger partial charge is 0.495 e. The summed E-state index contributed by atoms with van der Waals surface area (Å²) in [6, 6.07) is 4.77. The van der Waals surface area contributed by atoms with Crippen molar-refractivity contribution in [3.63, 3.8) is 0 Å². The van der Waals surface area contributed by atoms with Crippen molar-refractivity contribution in [3.05, 3.63) is 18.2 Å². The van der Waals surface area contributed by atoms with E-state index in [9.17, 15) is 13.5 Å². The molecule has 0 unspecified atom stereocenters. The van der Waals surface area contributed by atoms with Crippen molar-refractivity contribution in [1.82, 2.24) is 4.72 Å². The molecule has 0 aliphatic carbocycles. The Bertz CT molecular complexity index is 759. The van der Waals surface area contributed by atoms with Crippen molar-refractivity contribution in [2.24, 2.45) is 0 Å². The Labute approximate surface area is 156 Å². The van der Waals surface area contributed by atoms with Crippen LogP contribution in [0.5, 0.6) is 5.75 Å². The van der Waals surface area contributed by atoms with Crippen LogP contribution in [0.2, 0.25) is 0 Å². The van der Waals surface area contributed by atoms with Crippen LogP contribution in [0.15, 0.2) is 23.1 Å². The molecule has 146 valence electrons. The van der Waals surface area contributed by atoms with E-state index in [0.717, 1.165) is 0 Å². The topological polar surface area (TPSA) is 94.1 Å².